The summed E-state index contributed by atoms with van der Waals surface area (Å²) in [5, 5.41) is 12.4. The van der Waals surface area contributed by atoms with E-state index < -0.39 is 11.4 Å². The van der Waals surface area contributed by atoms with Crippen molar-refractivity contribution in [3.63, 3.8) is 0 Å². The second-order valence-electron chi connectivity index (χ2n) is 4.47. The van der Waals surface area contributed by atoms with Crippen molar-refractivity contribution in [1.29, 1.82) is 0 Å². The van der Waals surface area contributed by atoms with Crippen LogP contribution in [0.25, 0.3) is 0 Å². The number of carboxylic acids is 1. The van der Waals surface area contributed by atoms with Crippen LogP contribution in [0.5, 0.6) is 0 Å². The number of nitrogens with one attached hydrogen (secondary N) is 1. The summed E-state index contributed by atoms with van der Waals surface area (Å²) in [6.45, 7) is 1.44. The van der Waals surface area contributed by atoms with Crippen LogP contribution in [0.4, 0.5) is 0 Å². The Balaban J connectivity index is 2.02. The van der Waals surface area contributed by atoms with Gasteiger partial charge in [-0.3, -0.25) is 4.79 Å². The van der Waals surface area contributed by atoms with Gasteiger partial charge in [-0.05, 0) is 19.3 Å². The normalized spacial score (nSPS) is 45.1. The molecule has 13 heavy (non-hydrogen) atoms. The van der Waals surface area contributed by atoms with E-state index in [0.717, 1.165) is 32.4 Å². The Hall–Kier alpha value is -0.610. The van der Waals surface area contributed by atoms with E-state index in [-0.39, 0.29) is 11.7 Å². The topological polar surface area (TPSA) is 58.6 Å². The van der Waals surface area contributed by atoms with Crippen LogP contribution in [0.1, 0.15) is 19.3 Å². The third kappa shape index (κ3) is 0.681. The lowest BCUT2D eigenvalue weighted by molar-refractivity contribution is -0.182. The van der Waals surface area contributed by atoms with E-state index in [9.17, 15) is 9.90 Å². The van der Waals surface area contributed by atoms with Crippen molar-refractivity contribution >= 4 is 5.97 Å². The van der Waals surface area contributed by atoms with Crippen molar-refractivity contribution in [3.05, 3.63) is 0 Å². The molecule has 2 N–H and O–H groups in total. The maximum absolute atomic E-state index is 11.3. The Morgan fingerprint density at radius 2 is 2.31 bits per heavy atom. The molecule has 4 nitrogen and oxygen atoms in total. The molecule has 0 aromatic carbocycles. The molecule has 1 saturated carbocycles. The number of aliphatic carboxylic acids is 1. The number of hydrogen-bond donors (Lipinski definition) is 2. The second kappa shape index (κ2) is 2.07. The SMILES string of the molecule is O=C(O)C12CCC(C1)OC21CNC1. The molecule has 3 rings (SSSR count). The highest BCUT2D eigenvalue weighted by Crippen LogP contribution is 2.58. The molecule has 1 aliphatic carbocycles. The zero-order chi connectivity index (χ0) is 9.10. The maximum atomic E-state index is 11.3. The molecule has 0 amide bonds. The molecule has 0 aromatic rings. The molecule has 3 fully saturated rings. The van der Waals surface area contributed by atoms with E-state index in [1.54, 1.807) is 0 Å². The van der Waals surface area contributed by atoms with Gasteiger partial charge in [-0.25, -0.2) is 0 Å². The van der Waals surface area contributed by atoms with Gasteiger partial charge in [0.25, 0.3) is 0 Å². The summed E-state index contributed by atoms with van der Waals surface area (Å²) in [6.07, 6.45) is 2.66. The lowest BCUT2D eigenvalue weighted by Crippen LogP contribution is -2.69. The molecule has 2 unspecified atom stereocenters. The first-order valence-electron chi connectivity index (χ1n) is 4.81. The van der Waals surface area contributed by atoms with Crippen LogP contribution < -0.4 is 5.32 Å². The van der Waals surface area contributed by atoms with Crippen LogP contribution in [-0.4, -0.2) is 35.9 Å². The predicted molar refractivity (Wildman–Crippen MR) is 44.4 cm³/mol. The molecule has 2 aliphatic heterocycles. The van der Waals surface area contributed by atoms with E-state index in [0.29, 0.717) is 0 Å². The Bertz CT molecular complexity index is 274. The van der Waals surface area contributed by atoms with Crippen molar-refractivity contribution in [2.45, 2.75) is 31.0 Å². The Kier molecular flexibility index (Phi) is 1.23. The molecular weight excluding hydrogens is 170 g/mol. The molecule has 0 radical (unpaired) electrons. The van der Waals surface area contributed by atoms with Crippen molar-refractivity contribution in [2.24, 2.45) is 5.41 Å². The molecule has 2 heterocycles. The van der Waals surface area contributed by atoms with Gasteiger partial charge in [-0.2, -0.15) is 0 Å². The van der Waals surface area contributed by atoms with Gasteiger partial charge in [0, 0.05) is 13.1 Å². The van der Waals surface area contributed by atoms with Crippen molar-refractivity contribution in [3.8, 4) is 0 Å². The molecule has 3 aliphatic rings. The molecule has 4 heteroatoms. The van der Waals surface area contributed by atoms with Crippen molar-refractivity contribution < 1.29 is 14.6 Å². The molecule has 1 spiro atoms. The fourth-order valence-electron chi connectivity index (χ4n) is 3.11. The molecule has 2 saturated heterocycles. The van der Waals surface area contributed by atoms with Gasteiger partial charge in [0.15, 0.2) is 0 Å². The summed E-state index contributed by atoms with van der Waals surface area (Å²) in [6, 6.07) is 0. The number of hydrogen-bond acceptors (Lipinski definition) is 3. The highest BCUT2D eigenvalue weighted by molar-refractivity contribution is 5.78. The first-order valence-corrected chi connectivity index (χ1v) is 4.81. The van der Waals surface area contributed by atoms with Gasteiger partial charge >= 0.3 is 5.97 Å². The monoisotopic (exact) mass is 183 g/mol. The quantitative estimate of drug-likeness (QED) is 0.600. The highest BCUT2D eigenvalue weighted by atomic mass is 16.5. The predicted octanol–water partition coefficient (Wildman–Crippen LogP) is -0.0179. The van der Waals surface area contributed by atoms with E-state index >= 15 is 0 Å². The molecule has 2 bridgehead atoms. The molecule has 72 valence electrons. The second-order valence-corrected chi connectivity index (χ2v) is 4.47. The molecular formula is C9H13NO3. The minimum absolute atomic E-state index is 0.207. The van der Waals surface area contributed by atoms with Gasteiger partial charge in [0.05, 0.1) is 6.10 Å². The lowest BCUT2D eigenvalue weighted by Gasteiger charge is -2.49. The van der Waals surface area contributed by atoms with E-state index in [4.69, 9.17) is 4.74 Å². The summed E-state index contributed by atoms with van der Waals surface area (Å²) in [5.74, 6) is -0.658. The Labute approximate surface area is 76.3 Å². The summed E-state index contributed by atoms with van der Waals surface area (Å²) in [5.41, 5.74) is -0.926. The number of ether oxygens (including phenoxy) is 1. The first-order chi connectivity index (χ1) is 6.19. The van der Waals surface area contributed by atoms with Gasteiger partial charge < -0.3 is 15.2 Å². The third-order valence-corrected chi connectivity index (χ3v) is 3.96. The van der Waals surface area contributed by atoms with Crippen LogP contribution in [0.3, 0.4) is 0 Å². The minimum Gasteiger partial charge on any atom is -0.481 e. The highest BCUT2D eigenvalue weighted by Gasteiger charge is 2.69. The van der Waals surface area contributed by atoms with Crippen LogP contribution in [0, 0.1) is 5.41 Å². The van der Waals surface area contributed by atoms with E-state index in [2.05, 4.69) is 5.32 Å². The fourth-order valence-corrected chi connectivity index (χ4v) is 3.11. The molecule has 0 aromatic heterocycles. The third-order valence-electron chi connectivity index (χ3n) is 3.96. The number of carboxylic acid groups (broad SMARTS) is 1. The summed E-state index contributed by atoms with van der Waals surface area (Å²) in [7, 11) is 0. The van der Waals surface area contributed by atoms with Crippen molar-refractivity contribution in [1.82, 2.24) is 5.32 Å². The summed E-state index contributed by atoms with van der Waals surface area (Å²) < 4.78 is 5.81. The number of carbonyl (C=O) groups is 1. The zero-order valence-electron chi connectivity index (χ0n) is 7.38. The van der Waals surface area contributed by atoms with Crippen LogP contribution in [0.2, 0.25) is 0 Å². The Morgan fingerprint density at radius 1 is 1.54 bits per heavy atom. The smallest absolute Gasteiger partial charge is 0.312 e. The van der Waals surface area contributed by atoms with Gasteiger partial charge in [-0.1, -0.05) is 0 Å². The van der Waals surface area contributed by atoms with Gasteiger partial charge in [-0.15, -0.1) is 0 Å². The van der Waals surface area contributed by atoms with E-state index in [1.165, 1.54) is 0 Å². The van der Waals surface area contributed by atoms with Crippen LogP contribution in [0.15, 0.2) is 0 Å². The first kappa shape index (κ1) is 7.76. The largest absolute Gasteiger partial charge is 0.481 e. The van der Waals surface area contributed by atoms with E-state index in [1.807, 2.05) is 0 Å². The average molecular weight is 183 g/mol. The van der Waals surface area contributed by atoms with Crippen LogP contribution in [-0.2, 0) is 9.53 Å². The van der Waals surface area contributed by atoms with Crippen molar-refractivity contribution in [2.75, 3.05) is 13.1 Å². The standard InChI is InChI=1S/C9H13NO3/c11-7(12)8-2-1-6(3-8)13-9(8)4-10-5-9/h6,10H,1-5H2,(H,11,12). The Morgan fingerprint density at radius 3 is 2.69 bits per heavy atom. The van der Waals surface area contributed by atoms with Crippen LogP contribution >= 0.6 is 0 Å². The average Bonchev–Trinajstić information content (AvgIpc) is 2.56. The number of fused-ring (bicyclic) bond motifs is 3. The summed E-state index contributed by atoms with van der Waals surface area (Å²) >= 11 is 0. The lowest BCUT2D eigenvalue weighted by atomic mass is 9.68. The van der Waals surface area contributed by atoms with Gasteiger partial charge in [0.2, 0.25) is 0 Å². The minimum atomic E-state index is -0.658. The summed E-state index contributed by atoms with van der Waals surface area (Å²) in [4.78, 5) is 11.3. The molecule has 2 atom stereocenters. The fraction of sp³-hybridized carbons (Fsp3) is 0.889. The maximum Gasteiger partial charge on any atom is 0.312 e. The number of rotatable bonds is 1. The van der Waals surface area contributed by atoms with Gasteiger partial charge in [0.1, 0.15) is 11.0 Å². The zero-order valence-corrected chi connectivity index (χ0v) is 7.38.